The van der Waals surface area contributed by atoms with Crippen molar-refractivity contribution in [2.45, 2.75) is 99.0 Å². The zero-order valence-corrected chi connectivity index (χ0v) is 25.9. The van der Waals surface area contributed by atoms with Gasteiger partial charge in [-0.3, -0.25) is 14.4 Å². The Kier molecular flexibility index (Phi) is 5.80. The number of fused-ring (bicyclic) bond motifs is 7. The quantitative estimate of drug-likeness (QED) is 0.272. The van der Waals surface area contributed by atoms with Crippen LogP contribution in [0.15, 0.2) is 21.3 Å². The van der Waals surface area contributed by atoms with Crippen LogP contribution in [0.5, 0.6) is 0 Å². The van der Waals surface area contributed by atoms with Crippen LogP contribution in [0.4, 0.5) is 0 Å². The third kappa shape index (κ3) is 3.09. The van der Waals surface area contributed by atoms with Crippen LogP contribution in [-0.4, -0.2) is 35.4 Å². The van der Waals surface area contributed by atoms with Crippen molar-refractivity contribution in [3.8, 4) is 0 Å². The van der Waals surface area contributed by atoms with Gasteiger partial charge >= 0.3 is 5.97 Å². The molecule has 0 bridgehead atoms. The molecule has 8 unspecified atom stereocenters. The number of carbonyl (C=O) groups excluding carboxylic acids is 3. The summed E-state index contributed by atoms with van der Waals surface area (Å²) in [7, 11) is 1.42. The van der Waals surface area contributed by atoms with Gasteiger partial charge in [-0.2, -0.15) is 0 Å². The normalized spacial score (nSPS) is 50.5. The lowest BCUT2D eigenvalue weighted by molar-refractivity contribution is -0.244. The number of allylic oxidation sites excluding steroid dienone is 3. The fourth-order valence-corrected chi connectivity index (χ4v) is 11.4. The summed E-state index contributed by atoms with van der Waals surface area (Å²) in [6.45, 7) is 14.8. The van der Waals surface area contributed by atoms with Crippen molar-refractivity contribution in [3.05, 3.63) is 21.3 Å². The summed E-state index contributed by atoms with van der Waals surface area (Å²) in [5.74, 6) is -0.517. The predicted molar refractivity (Wildman–Crippen MR) is 151 cm³/mol. The Hall–Kier alpha value is -1.02. The number of carbonyl (C=O) groups is 3. The summed E-state index contributed by atoms with van der Waals surface area (Å²) in [4.78, 5) is 40.4. The van der Waals surface area contributed by atoms with Crippen LogP contribution in [0.2, 0.25) is 0 Å². The summed E-state index contributed by atoms with van der Waals surface area (Å²) in [5, 5.41) is 12.8. The van der Waals surface area contributed by atoms with Gasteiger partial charge in [0.25, 0.3) is 0 Å². The standard InChI is InChI=1S/C31H43IO5/c1-25(2)19-9-10-29(6)20(28(19,5)16-18(32)23(25)34)15-22(33)31(36)21-17-27(4,24(35)37-8)12-11-26(21,3)13-14-30(29,31)7/h15-16,19,21,36H,9-14,17H2,1-8H3. The zero-order valence-electron chi connectivity index (χ0n) is 23.7. The molecule has 0 aliphatic heterocycles. The van der Waals surface area contributed by atoms with Crippen molar-refractivity contribution in [3.63, 3.8) is 0 Å². The Labute approximate surface area is 235 Å². The van der Waals surface area contributed by atoms with Crippen molar-refractivity contribution in [2.75, 3.05) is 7.11 Å². The van der Waals surface area contributed by atoms with Crippen molar-refractivity contribution in [2.24, 2.45) is 44.3 Å². The summed E-state index contributed by atoms with van der Waals surface area (Å²) in [6.07, 6.45) is 9.20. The number of rotatable bonds is 1. The first-order valence-electron chi connectivity index (χ1n) is 13.9. The summed E-state index contributed by atoms with van der Waals surface area (Å²) < 4.78 is 5.93. The lowest BCUT2D eigenvalue weighted by atomic mass is 9.33. The van der Waals surface area contributed by atoms with Crippen LogP contribution >= 0.6 is 22.6 Å². The minimum atomic E-state index is -1.56. The lowest BCUT2D eigenvalue weighted by Gasteiger charge is -2.71. The molecule has 0 spiro atoms. The first-order chi connectivity index (χ1) is 16.9. The van der Waals surface area contributed by atoms with Crippen LogP contribution in [0.1, 0.15) is 93.4 Å². The second-order valence-electron chi connectivity index (χ2n) is 14.7. The molecule has 5 aliphatic carbocycles. The molecule has 1 N–H and O–H groups in total. The summed E-state index contributed by atoms with van der Waals surface area (Å²) in [6, 6.07) is 0. The maximum Gasteiger partial charge on any atom is 0.311 e. The van der Waals surface area contributed by atoms with E-state index in [0.717, 1.165) is 41.3 Å². The minimum absolute atomic E-state index is 0.0964. The highest BCUT2D eigenvalue weighted by atomic mass is 127. The number of ether oxygens (including phenoxy) is 1. The Balaban J connectivity index is 1.70. The SMILES string of the molecule is COC(=O)C1(C)CCC2(C)CCC3(C)C4(C)CCC5C(C)(C)C(=O)C(I)=CC5(C)C4=CC(=O)C3(O)C2C1. The number of methoxy groups -OCH3 is 1. The van der Waals surface area contributed by atoms with E-state index in [1.165, 1.54) is 7.11 Å². The van der Waals surface area contributed by atoms with Crippen molar-refractivity contribution < 1.29 is 24.2 Å². The van der Waals surface area contributed by atoms with Gasteiger partial charge in [-0.05, 0) is 103 Å². The van der Waals surface area contributed by atoms with Crippen molar-refractivity contribution in [1.29, 1.82) is 0 Å². The average Bonchev–Trinajstić information content (AvgIpc) is 2.82. The molecule has 37 heavy (non-hydrogen) atoms. The molecule has 0 aromatic carbocycles. The first kappa shape index (κ1) is 27.5. The van der Waals surface area contributed by atoms with Crippen molar-refractivity contribution >= 4 is 40.1 Å². The molecular formula is C31H43IO5. The van der Waals surface area contributed by atoms with Gasteiger partial charge in [-0.25, -0.2) is 0 Å². The molecule has 3 fully saturated rings. The van der Waals surface area contributed by atoms with Gasteiger partial charge in [0.1, 0.15) is 5.60 Å². The van der Waals surface area contributed by atoms with E-state index in [0.29, 0.717) is 12.8 Å². The number of hydrogen-bond donors (Lipinski definition) is 1. The van der Waals surface area contributed by atoms with Gasteiger partial charge in [0.2, 0.25) is 0 Å². The van der Waals surface area contributed by atoms with Gasteiger partial charge in [-0.15, -0.1) is 0 Å². The second kappa shape index (κ2) is 7.80. The second-order valence-corrected chi connectivity index (χ2v) is 15.9. The van der Waals surface area contributed by atoms with E-state index >= 15 is 0 Å². The van der Waals surface area contributed by atoms with Gasteiger partial charge in [0, 0.05) is 22.2 Å². The third-order valence-corrected chi connectivity index (χ3v) is 13.6. The van der Waals surface area contributed by atoms with E-state index in [1.54, 1.807) is 6.08 Å². The lowest BCUT2D eigenvalue weighted by Crippen LogP contribution is -2.74. The predicted octanol–water partition coefficient (Wildman–Crippen LogP) is 6.36. The molecule has 0 aromatic heterocycles. The van der Waals surface area contributed by atoms with E-state index in [9.17, 15) is 19.5 Å². The number of hydrogen-bond acceptors (Lipinski definition) is 5. The van der Waals surface area contributed by atoms with Crippen LogP contribution in [0.25, 0.3) is 0 Å². The van der Waals surface area contributed by atoms with Crippen LogP contribution < -0.4 is 0 Å². The molecule has 0 radical (unpaired) electrons. The van der Waals surface area contributed by atoms with E-state index in [1.807, 2.05) is 6.92 Å². The molecule has 6 heteroatoms. The molecule has 5 nitrogen and oxygen atoms in total. The Bertz CT molecular complexity index is 1170. The van der Waals surface area contributed by atoms with E-state index < -0.39 is 32.7 Å². The van der Waals surface area contributed by atoms with Gasteiger partial charge in [-0.1, -0.05) is 47.6 Å². The molecule has 0 heterocycles. The topological polar surface area (TPSA) is 80.7 Å². The Morgan fingerprint density at radius 1 is 0.973 bits per heavy atom. The largest absolute Gasteiger partial charge is 0.469 e. The number of Topliss-reactive ketones (excluding diaryl/α,β-unsaturated/α-hetero) is 1. The highest BCUT2D eigenvalue weighted by Crippen LogP contribution is 2.75. The smallest absolute Gasteiger partial charge is 0.311 e. The molecule has 5 rings (SSSR count). The molecule has 0 aromatic rings. The van der Waals surface area contributed by atoms with Gasteiger partial charge in [0.05, 0.1) is 16.1 Å². The van der Waals surface area contributed by atoms with Gasteiger partial charge < -0.3 is 9.84 Å². The maximum absolute atomic E-state index is 14.4. The molecule has 3 saturated carbocycles. The highest BCUT2D eigenvalue weighted by molar-refractivity contribution is 14.1. The molecule has 5 aliphatic rings. The van der Waals surface area contributed by atoms with Gasteiger partial charge in [0.15, 0.2) is 11.6 Å². The van der Waals surface area contributed by atoms with E-state index in [4.69, 9.17) is 4.74 Å². The van der Waals surface area contributed by atoms with E-state index in [2.05, 4.69) is 70.2 Å². The fourth-order valence-electron chi connectivity index (χ4n) is 10.0. The molecule has 8 atom stereocenters. The Morgan fingerprint density at radius 2 is 1.59 bits per heavy atom. The van der Waals surface area contributed by atoms with Crippen molar-refractivity contribution in [1.82, 2.24) is 0 Å². The molecule has 0 amide bonds. The summed E-state index contributed by atoms with van der Waals surface area (Å²) in [5.41, 5.74) is -3.45. The number of halogens is 1. The highest BCUT2D eigenvalue weighted by Gasteiger charge is 2.75. The average molecular weight is 623 g/mol. The fraction of sp³-hybridized carbons (Fsp3) is 0.774. The number of esters is 1. The third-order valence-electron chi connectivity index (χ3n) is 12.8. The molecule has 204 valence electrons. The number of ketones is 2. The Morgan fingerprint density at radius 3 is 2.22 bits per heavy atom. The van der Waals surface area contributed by atoms with Crippen LogP contribution in [-0.2, 0) is 19.1 Å². The first-order valence-corrected chi connectivity index (χ1v) is 15.0. The zero-order chi connectivity index (χ0) is 27.6. The molecule has 0 saturated heterocycles. The summed E-state index contributed by atoms with van der Waals surface area (Å²) >= 11 is 2.17. The van der Waals surface area contributed by atoms with Crippen LogP contribution in [0, 0.1) is 44.3 Å². The van der Waals surface area contributed by atoms with Crippen LogP contribution in [0.3, 0.4) is 0 Å². The van der Waals surface area contributed by atoms with E-state index in [-0.39, 0.29) is 34.8 Å². The number of aliphatic hydroxyl groups is 1. The molecular weight excluding hydrogens is 579 g/mol. The maximum atomic E-state index is 14.4. The minimum Gasteiger partial charge on any atom is -0.469 e. The monoisotopic (exact) mass is 622 g/mol.